The first-order valence-corrected chi connectivity index (χ1v) is 7.44. The Kier molecular flexibility index (Phi) is 9.00. The average Bonchev–Trinajstić information content (AvgIpc) is 3.04. The summed E-state index contributed by atoms with van der Waals surface area (Å²) in [6.45, 7) is 3.15. The zero-order chi connectivity index (χ0) is 13.0. The van der Waals surface area contributed by atoms with Gasteiger partial charge in [-0.05, 0) is 23.9 Å². The molecule has 0 aliphatic rings. The highest BCUT2D eigenvalue weighted by atomic mass is 35.5. The van der Waals surface area contributed by atoms with Crippen LogP contribution in [0.2, 0.25) is 0 Å². The molecule has 2 rings (SSSR count). The fourth-order valence-electron chi connectivity index (χ4n) is 1.33. The van der Waals surface area contributed by atoms with Gasteiger partial charge in [0.25, 0.3) is 5.91 Å². The highest BCUT2D eigenvalue weighted by Crippen LogP contribution is 2.27. The fraction of sp³-hybridized carbons (Fsp3) is 0.333. The molecule has 0 fully saturated rings. The van der Waals surface area contributed by atoms with Crippen LogP contribution in [-0.4, -0.2) is 24.0 Å². The SMILES string of the molecule is CC(CN)CNC(=O)c1csc(-c2cccs2)n1.Cl.Cl. The Hall–Kier alpha value is -0.660. The molecule has 0 aliphatic heterocycles. The molecule has 2 heterocycles. The number of carbonyl (C=O) groups excluding carboxylic acids is 1. The number of amides is 1. The number of rotatable bonds is 5. The maximum Gasteiger partial charge on any atom is 0.270 e. The topological polar surface area (TPSA) is 68.0 Å². The Labute approximate surface area is 138 Å². The maximum absolute atomic E-state index is 11.8. The number of nitrogens with two attached hydrogens (primary N) is 1. The van der Waals surface area contributed by atoms with Crippen molar-refractivity contribution >= 4 is 53.4 Å². The van der Waals surface area contributed by atoms with Crippen molar-refractivity contribution < 1.29 is 4.79 Å². The van der Waals surface area contributed by atoms with Crippen LogP contribution in [0.1, 0.15) is 17.4 Å². The maximum atomic E-state index is 11.8. The van der Waals surface area contributed by atoms with Crippen LogP contribution in [0.25, 0.3) is 9.88 Å². The molecular weight excluding hydrogens is 337 g/mol. The summed E-state index contributed by atoms with van der Waals surface area (Å²) >= 11 is 3.11. The van der Waals surface area contributed by atoms with E-state index < -0.39 is 0 Å². The van der Waals surface area contributed by atoms with E-state index in [0.29, 0.717) is 18.8 Å². The molecule has 0 aliphatic carbocycles. The molecule has 4 nitrogen and oxygen atoms in total. The molecule has 1 atom stereocenters. The second-order valence-corrected chi connectivity index (χ2v) is 5.87. The van der Waals surface area contributed by atoms with Crippen LogP contribution >= 0.6 is 47.5 Å². The van der Waals surface area contributed by atoms with E-state index in [2.05, 4.69) is 10.3 Å². The molecule has 0 radical (unpaired) electrons. The Morgan fingerprint density at radius 1 is 1.45 bits per heavy atom. The lowest BCUT2D eigenvalue weighted by Crippen LogP contribution is -2.31. The van der Waals surface area contributed by atoms with Crippen LogP contribution in [0, 0.1) is 5.92 Å². The van der Waals surface area contributed by atoms with E-state index in [0.717, 1.165) is 9.88 Å². The van der Waals surface area contributed by atoms with E-state index in [4.69, 9.17) is 5.73 Å². The van der Waals surface area contributed by atoms with Crippen LogP contribution in [0.3, 0.4) is 0 Å². The molecule has 0 bridgehead atoms. The van der Waals surface area contributed by atoms with Gasteiger partial charge >= 0.3 is 0 Å². The number of nitrogens with one attached hydrogen (secondary N) is 1. The first-order valence-electron chi connectivity index (χ1n) is 5.68. The van der Waals surface area contributed by atoms with Gasteiger partial charge in [0.05, 0.1) is 4.88 Å². The van der Waals surface area contributed by atoms with Crippen LogP contribution in [0.4, 0.5) is 0 Å². The normalized spacial score (nSPS) is 11.1. The van der Waals surface area contributed by atoms with E-state index in [1.165, 1.54) is 11.3 Å². The molecule has 0 spiro atoms. The molecule has 0 saturated heterocycles. The highest BCUT2D eigenvalue weighted by molar-refractivity contribution is 7.20. The molecule has 0 saturated carbocycles. The van der Waals surface area contributed by atoms with Gasteiger partial charge in [-0.25, -0.2) is 4.98 Å². The molecule has 3 N–H and O–H groups in total. The first kappa shape index (κ1) is 19.3. The Morgan fingerprint density at radius 2 is 2.20 bits per heavy atom. The summed E-state index contributed by atoms with van der Waals surface area (Å²) in [5.41, 5.74) is 5.98. The lowest BCUT2D eigenvalue weighted by Gasteiger charge is -2.08. The molecule has 1 amide bonds. The number of hydrogen-bond acceptors (Lipinski definition) is 5. The summed E-state index contributed by atoms with van der Waals surface area (Å²) in [5, 5.41) is 7.52. The van der Waals surface area contributed by atoms with Crippen molar-refractivity contribution in [3.8, 4) is 9.88 Å². The molecule has 2 aromatic heterocycles. The number of thiazole rings is 1. The second-order valence-electron chi connectivity index (χ2n) is 4.07. The Bertz CT molecular complexity index is 517. The number of thiophene rings is 1. The predicted molar refractivity (Wildman–Crippen MR) is 90.5 cm³/mol. The minimum absolute atomic E-state index is 0. The van der Waals surface area contributed by atoms with E-state index in [-0.39, 0.29) is 36.6 Å². The van der Waals surface area contributed by atoms with Crippen molar-refractivity contribution in [3.63, 3.8) is 0 Å². The van der Waals surface area contributed by atoms with Gasteiger partial charge in [-0.3, -0.25) is 4.79 Å². The zero-order valence-corrected chi connectivity index (χ0v) is 14.1. The van der Waals surface area contributed by atoms with Crippen LogP contribution in [0.15, 0.2) is 22.9 Å². The van der Waals surface area contributed by atoms with Crippen LogP contribution in [0.5, 0.6) is 0 Å². The van der Waals surface area contributed by atoms with Crippen molar-refractivity contribution in [2.45, 2.75) is 6.92 Å². The van der Waals surface area contributed by atoms with E-state index in [1.807, 2.05) is 24.4 Å². The van der Waals surface area contributed by atoms with Crippen molar-refractivity contribution in [2.75, 3.05) is 13.1 Å². The number of hydrogen-bond donors (Lipinski definition) is 2. The monoisotopic (exact) mass is 353 g/mol. The standard InChI is InChI=1S/C12H15N3OS2.2ClH/c1-8(5-13)6-14-11(16)9-7-18-12(15-9)10-3-2-4-17-10;;/h2-4,7-8H,5-6,13H2,1H3,(H,14,16);2*1H. The number of nitrogens with zero attached hydrogens (tertiary/aromatic N) is 1. The van der Waals surface area contributed by atoms with Gasteiger partial charge < -0.3 is 11.1 Å². The molecule has 1 unspecified atom stereocenters. The van der Waals surface area contributed by atoms with Crippen molar-refractivity contribution in [2.24, 2.45) is 11.7 Å². The summed E-state index contributed by atoms with van der Waals surface area (Å²) < 4.78 is 0. The molecule has 112 valence electrons. The van der Waals surface area contributed by atoms with Gasteiger partial charge in [0.15, 0.2) is 0 Å². The van der Waals surface area contributed by atoms with E-state index in [1.54, 1.807) is 16.7 Å². The zero-order valence-electron chi connectivity index (χ0n) is 10.9. The van der Waals surface area contributed by atoms with Crippen molar-refractivity contribution in [3.05, 3.63) is 28.6 Å². The lowest BCUT2D eigenvalue weighted by molar-refractivity contribution is 0.0944. The number of halogens is 2. The molecule has 20 heavy (non-hydrogen) atoms. The number of aromatic nitrogens is 1. The Morgan fingerprint density at radius 3 is 2.80 bits per heavy atom. The van der Waals surface area contributed by atoms with E-state index in [9.17, 15) is 4.79 Å². The third-order valence-corrected chi connectivity index (χ3v) is 4.36. The smallest absolute Gasteiger partial charge is 0.270 e. The van der Waals surface area contributed by atoms with E-state index >= 15 is 0 Å². The van der Waals surface area contributed by atoms with Gasteiger partial charge in [-0.15, -0.1) is 47.5 Å². The quantitative estimate of drug-likeness (QED) is 0.867. The minimum Gasteiger partial charge on any atom is -0.350 e. The first-order chi connectivity index (χ1) is 8.70. The van der Waals surface area contributed by atoms with Crippen molar-refractivity contribution in [1.82, 2.24) is 10.3 Å². The predicted octanol–water partition coefficient (Wildman–Crippen LogP) is 3.04. The second kappa shape index (κ2) is 9.31. The molecule has 0 aromatic carbocycles. The molecule has 2 aromatic rings. The number of carbonyl (C=O) groups is 1. The minimum atomic E-state index is -0.130. The highest BCUT2D eigenvalue weighted by Gasteiger charge is 2.12. The third kappa shape index (κ3) is 5.03. The summed E-state index contributed by atoms with van der Waals surface area (Å²) in [5.74, 6) is 0.152. The largest absolute Gasteiger partial charge is 0.350 e. The van der Waals surface area contributed by atoms with Gasteiger partial charge in [-0.2, -0.15) is 0 Å². The van der Waals surface area contributed by atoms with Crippen LogP contribution in [-0.2, 0) is 0 Å². The summed E-state index contributed by atoms with van der Waals surface area (Å²) in [4.78, 5) is 17.3. The fourth-order valence-corrected chi connectivity index (χ4v) is 2.95. The van der Waals surface area contributed by atoms with Gasteiger partial charge in [-0.1, -0.05) is 13.0 Å². The third-order valence-electron chi connectivity index (χ3n) is 2.48. The molecule has 8 heteroatoms. The molecular formula is C12H17Cl2N3OS2. The van der Waals surface area contributed by atoms with Crippen LogP contribution < -0.4 is 11.1 Å². The van der Waals surface area contributed by atoms with Gasteiger partial charge in [0.2, 0.25) is 0 Å². The van der Waals surface area contributed by atoms with Crippen molar-refractivity contribution in [1.29, 1.82) is 0 Å². The summed E-state index contributed by atoms with van der Waals surface area (Å²) in [6.07, 6.45) is 0. The summed E-state index contributed by atoms with van der Waals surface area (Å²) in [7, 11) is 0. The average molecular weight is 354 g/mol. The Balaban J connectivity index is 0.00000180. The van der Waals surface area contributed by atoms with Gasteiger partial charge in [0, 0.05) is 11.9 Å². The summed E-state index contributed by atoms with van der Waals surface area (Å²) in [6, 6.07) is 3.98. The van der Waals surface area contributed by atoms with Gasteiger partial charge in [0.1, 0.15) is 10.7 Å². The lowest BCUT2D eigenvalue weighted by atomic mass is 10.2.